The number of aryl methyl sites for hydroxylation is 2. The molecule has 0 bridgehead atoms. The van der Waals surface area contributed by atoms with Crippen LogP contribution in [0, 0.1) is 19.3 Å². The van der Waals surface area contributed by atoms with Gasteiger partial charge in [0, 0.05) is 0 Å². The van der Waals surface area contributed by atoms with E-state index < -0.39 is 20.2 Å². The van der Waals surface area contributed by atoms with Gasteiger partial charge in [-0.05, 0) is 90.5 Å². The Kier molecular flexibility index (Phi) is 4.27. The minimum absolute atomic E-state index is 0.278. The highest BCUT2D eigenvalue weighted by Crippen LogP contribution is 2.63. The number of hydrogen-bond donors (Lipinski definition) is 0. The van der Waals surface area contributed by atoms with Crippen LogP contribution in [-0.4, -0.2) is 13.9 Å². The van der Waals surface area contributed by atoms with E-state index in [0.29, 0.717) is 0 Å². The highest BCUT2D eigenvalue weighted by Gasteiger charge is 2.49. The van der Waals surface area contributed by atoms with Crippen molar-refractivity contribution in [3.05, 3.63) is 64.7 Å². The number of hydrogen-bond acceptors (Lipinski definition) is 2. The molecule has 28 heavy (non-hydrogen) atoms. The summed E-state index contributed by atoms with van der Waals surface area (Å²) in [7, 11) is -5.32. The van der Waals surface area contributed by atoms with Crippen molar-refractivity contribution in [1.82, 2.24) is 0 Å². The van der Waals surface area contributed by atoms with Crippen LogP contribution in [0.15, 0.2) is 47.4 Å². The van der Waals surface area contributed by atoms with E-state index in [4.69, 9.17) is 0 Å². The van der Waals surface area contributed by atoms with Crippen LogP contribution < -0.4 is 0 Å². The summed E-state index contributed by atoms with van der Waals surface area (Å²) in [6.45, 7) is 4.13. The smallest absolute Gasteiger partial charge is 0.214 e. The van der Waals surface area contributed by atoms with Crippen molar-refractivity contribution < 1.29 is 21.6 Å². The molecule has 148 valence electrons. The summed E-state index contributed by atoms with van der Waals surface area (Å²) in [5.41, 5.74) is 1.71. The lowest BCUT2D eigenvalue weighted by molar-refractivity contribution is -0.0436. The van der Waals surface area contributed by atoms with Crippen molar-refractivity contribution in [3.8, 4) is 0 Å². The largest absolute Gasteiger partial charge is 0.501 e. The predicted octanol–water partition coefficient (Wildman–Crippen LogP) is 6.08. The zero-order chi connectivity index (χ0) is 20.3. The van der Waals surface area contributed by atoms with Crippen molar-refractivity contribution in [2.24, 2.45) is 5.41 Å². The molecule has 1 spiro atoms. The number of halogens is 3. The van der Waals surface area contributed by atoms with Crippen molar-refractivity contribution in [2.45, 2.75) is 49.9 Å². The SMILES string of the molecule is Cc1ccc(C2=C(c3ccc(S(=O)(=O)C(F)(F)F)cc3)CC3(CC3)C2)cc1C. The van der Waals surface area contributed by atoms with Gasteiger partial charge in [0.2, 0.25) is 0 Å². The van der Waals surface area contributed by atoms with Crippen molar-refractivity contribution in [1.29, 1.82) is 0 Å². The first-order valence-corrected chi connectivity index (χ1v) is 10.7. The molecule has 2 aliphatic rings. The number of alkyl halides is 3. The Labute approximate surface area is 163 Å². The predicted molar refractivity (Wildman–Crippen MR) is 103 cm³/mol. The van der Waals surface area contributed by atoms with Crippen molar-refractivity contribution in [2.75, 3.05) is 0 Å². The molecule has 2 aliphatic carbocycles. The molecule has 0 atom stereocenters. The number of benzene rings is 2. The Morgan fingerprint density at radius 2 is 1.36 bits per heavy atom. The fourth-order valence-corrected chi connectivity index (χ4v) is 4.77. The molecule has 1 fully saturated rings. The highest BCUT2D eigenvalue weighted by molar-refractivity contribution is 7.92. The topological polar surface area (TPSA) is 34.1 Å². The minimum Gasteiger partial charge on any atom is -0.214 e. The molecule has 0 amide bonds. The Bertz CT molecular complexity index is 1070. The van der Waals surface area contributed by atoms with Crippen LogP contribution in [0.25, 0.3) is 11.1 Å². The lowest BCUT2D eigenvalue weighted by Gasteiger charge is -2.12. The fraction of sp³-hybridized carbons (Fsp3) is 0.364. The van der Waals surface area contributed by atoms with Gasteiger partial charge < -0.3 is 0 Å². The van der Waals surface area contributed by atoms with E-state index >= 15 is 0 Å². The summed E-state index contributed by atoms with van der Waals surface area (Å²) >= 11 is 0. The molecule has 0 radical (unpaired) electrons. The summed E-state index contributed by atoms with van der Waals surface area (Å²) < 4.78 is 61.6. The molecule has 2 aromatic carbocycles. The molecule has 0 heterocycles. The second-order valence-electron chi connectivity index (χ2n) is 8.08. The first-order valence-electron chi connectivity index (χ1n) is 9.24. The minimum atomic E-state index is -5.32. The second kappa shape index (κ2) is 6.21. The van der Waals surface area contributed by atoms with Crippen LogP contribution >= 0.6 is 0 Å². The first-order chi connectivity index (χ1) is 13.0. The van der Waals surface area contributed by atoms with Gasteiger partial charge in [-0.15, -0.1) is 0 Å². The number of sulfone groups is 1. The molecule has 0 aliphatic heterocycles. The number of allylic oxidation sites excluding steroid dienone is 2. The lowest BCUT2D eigenvalue weighted by atomic mass is 9.95. The van der Waals surface area contributed by atoms with Crippen molar-refractivity contribution >= 4 is 21.0 Å². The monoisotopic (exact) mass is 406 g/mol. The Hall–Kier alpha value is -2.08. The van der Waals surface area contributed by atoms with Crippen LogP contribution in [0.3, 0.4) is 0 Å². The molecule has 2 aromatic rings. The molecule has 2 nitrogen and oxygen atoms in total. The van der Waals surface area contributed by atoms with Gasteiger partial charge in [0.05, 0.1) is 4.90 Å². The molecule has 4 rings (SSSR count). The second-order valence-corrected chi connectivity index (χ2v) is 10.0. The van der Waals surface area contributed by atoms with Gasteiger partial charge in [0.1, 0.15) is 0 Å². The summed E-state index contributed by atoms with van der Waals surface area (Å²) in [5.74, 6) is 0. The van der Waals surface area contributed by atoms with Gasteiger partial charge in [-0.1, -0.05) is 30.3 Å². The maximum absolute atomic E-state index is 12.8. The van der Waals surface area contributed by atoms with Crippen LogP contribution in [0.2, 0.25) is 0 Å². The van der Waals surface area contributed by atoms with Gasteiger partial charge in [-0.25, -0.2) is 8.42 Å². The molecular formula is C22H21F3O2S. The first kappa shape index (κ1) is 19.2. The standard InChI is InChI=1S/C22H21F3O2S/c1-14-3-4-17(11-15(14)2)20-13-21(9-10-21)12-19(20)16-5-7-18(8-6-16)28(26,27)22(23,24)25/h3-8,11H,9-10,12-13H2,1-2H3. The summed E-state index contributed by atoms with van der Waals surface area (Å²) in [6.07, 6.45) is 4.17. The van der Waals surface area contributed by atoms with E-state index in [1.807, 2.05) is 0 Å². The van der Waals surface area contributed by atoms with Gasteiger partial charge >= 0.3 is 5.51 Å². The third kappa shape index (κ3) is 3.17. The molecule has 1 saturated carbocycles. The van der Waals surface area contributed by atoms with Crippen LogP contribution in [-0.2, 0) is 9.84 Å². The molecule has 0 aromatic heterocycles. The number of rotatable bonds is 3. The van der Waals surface area contributed by atoms with E-state index in [-0.39, 0.29) is 5.41 Å². The van der Waals surface area contributed by atoms with Crippen LogP contribution in [0.1, 0.15) is 47.9 Å². The summed E-state index contributed by atoms with van der Waals surface area (Å²) in [5, 5.41) is 0. The quantitative estimate of drug-likeness (QED) is 0.619. The molecule has 0 unspecified atom stereocenters. The maximum atomic E-state index is 12.8. The van der Waals surface area contributed by atoms with Gasteiger partial charge in [0.25, 0.3) is 9.84 Å². The Morgan fingerprint density at radius 1 is 0.821 bits per heavy atom. The van der Waals surface area contributed by atoms with E-state index in [1.54, 1.807) is 0 Å². The molecule has 6 heteroatoms. The van der Waals surface area contributed by atoms with E-state index in [2.05, 4.69) is 32.0 Å². The van der Waals surface area contributed by atoms with Crippen molar-refractivity contribution in [3.63, 3.8) is 0 Å². The van der Waals surface area contributed by atoms with Gasteiger partial charge in [-0.2, -0.15) is 13.2 Å². The lowest BCUT2D eigenvalue weighted by Crippen LogP contribution is -2.23. The summed E-state index contributed by atoms with van der Waals surface area (Å²) in [4.78, 5) is -0.712. The Morgan fingerprint density at radius 3 is 1.86 bits per heavy atom. The summed E-state index contributed by atoms with van der Waals surface area (Å²) in [6, 6.07) is 11.5. The molecular weight excluding hydrogens is 385 g/mol. The third-order valence-corrected chi connectivity index (χ3v) is 7.60. The fourth-order valence-electron chi connectivity index (χ4n) is 4.01. The zero-order valence-corrected chi connectivity index (χ0v) is 16.5. The Balaban J connectivity index is 1.76. The van der Waals surface area contributed by atoms with E-state index in [9.17, 15) is 21.6 Å². The molecule has 0 N–H and O–H groups in total. The van der Waals surface area contributed by atoms with Gasteiger partial charge in [0.15, 0.2) is 0 Å². The van der Waals surface area contributed by atoms with E-state index in [1.165, 1.54) is 28.8 Å². The average Bonchev–Trinajstić information content (AvgIpc) is 3.27. The van der Waals surface area contributed by atoms with Gasteiger partial charge in [-0.3, -0.25) is 0 Å². The van der Waals surface area contributed by atoms with Crippen LogP contribution in [0.4, 0.5) is 13.2 Å². The average molecular weight is 406 g/mol. The zero-order valence-electron chi connectivity index (χ0n) is 15.7. The normalized spacial score (nSPS) is 18.8. The van der Waals surface area contributed by atoms with E-state index in [0.717, 1.165) is 54.5 Å². The third-order valence-electron chi connectivity index (χ3n) is 6.10. The maximum Gasteiger partial charge on any atom is 0.501 e. The molecule has 0 saturated heterocycles. The van der Waals surface area contributed by atoms with Crippen LogP contribution in [0.5, 0.6) is 0 Å². The highest BCUT2D eigenvalue weighted by atomic mass is 32.2.